The van der Waals surface area contributed by atoms with Crippen molar-refractivity contribution in [2.24, 2.45) is 0 Å². The van der Waals surface area contributed by atoms with Gasteiger partial charge in [0.15, 0.2) is 0 Å². The summed E-state index contributed by atoms with van der Waals surface area (Å²) < 4.78 is 0. The molecular formula is C14H20N2. The summed E-state index contributed by atoms with van der Waals surface area (Å²) in [5, 5.41) is 3.51. The van der Waals surface area contributed by atoms with Crippen LogP contribution in [0.15, 0.2) is 24.4 Å². The molecule has 0 radical (unpaired) electrons. The number of nitrogens with zero attached hydrogens (tertiary/aromatic N) is 1. The van der Waals surface area contributed by atoms with Crippen LogP contribution in [0.2, 0.25) is 0 Å². The van der Waals surface area contributed by atoms with Crippen LogP contribution in [0.3, 0.4) is 0 Å². The van der Waals surface area contributed by atoms with Crippen LogP contribution >= 0.6 is 0 Å². The normalized spacial score (nSPS) is 11.6. The Labute approximate surface area is 98.5 Å². The molecule has 1 atom stereocenters. The van der Waals surface area contributed by atoms with E-state index in [1.54, 1.807) is 0 Å². The molecule has 0 saturated heterocycles. The topological polar surface area (TPSA) is 24.9 Å². The molecule has 2 nitrogen and oxygen atoms in total. The van der Waals surface area contributed by atoms with Crippen LogP contribution in [0.5, 0.6) is 0 Å². The van der Waals surface area contributed by atoms with Gasteiger partial charge in [0.1, 0.15) is 0 Å². The highest BCUT2D eigenvalue weighted by atomic mass is 14.9. The number of nitrogens with one attached hydrogen (secondary N) is 1. The molecule has 0 fully saturated rings. The Balaban J connectivity index is 2.51. The Morgan fingerprint density at radius 1 is 1.44 bits per heavy atom. The van der Waals surface area contributed by atoms with Crippen molar-refractivity contribution in [1.82, 2.24) is 10.3 Å². The first-order valence-electron chi connectivity index (χ1n) is 5.89. The van der Waals surface area contributed by atoms with E-state index < -0.39 is 0 Å². The van der Waals surface area contributed by atoms with E-state index in [-0.39, 0.29) is 0 Å². The van der Waals surface area contributed by atoms with Gasteiger partial charge in [-0.1, -0.05) is 13.0 Å². The molecule has 0 saturated carbocycles. The Morgan fingerprint density at radius 3 is 2.94 bits per heavy atom. The SMILES string of the molecule is CC#CCC(Cc1ccccn1)NCCC. The van der Waals surface area contributed by atoms with Crippen molar-refractivity contribution in [2.45, 2.75) is 39.2 Å². The highest BCUT2D eigenvalue weighted by Gasteiger charge is 2.07. The van der Waals surface area contributed by atoms with Crippen LogP contribution in [0, 0.1) is 11.8 Å². The van der Waals surface area contributed by atoms with Crippen LogP contribution in [0.4, 0.5) is 0 Å². The molecule has 1 N–H and O–H groups in total. The van der Waals surface area contributed by atoms with E-state index in [1.165, 1.54) is 0 Å². The molecule has 1 aromatic heterocycles. The zero-order chi connectivity index (χ0) is 11.6. The van der Waals surface area contributed by atoms with E-state index in [0.717, 1.165) is 31.5 Å². The van der Waals surface area contributed by atoms with Gasteiger partial charge in [-0.2, -0.15) is 0 Å². The fourth-order valence-corrected chi connectivity index (χ4v) is 1.56. The monoisotopic (exact) mass is 216 g/mol. The van der Waals surface area contributed by atoms with Crippen LogP contribution in [0.25, 0.3) is 0 Å². The molecule has 0 aromatic carbocycles. The van der Waals surface area contributed by atoms with E-state index in [2.05, 4.69) is 35.1 Å². The molecule has 1 rings (SSSR count). The van der Waals surface area contributed by atoms with Crippen LogP contribution in [-0.4, -0.2) is 17.6 Å². The molecule has 1 unspecified atom stereocenters. The van der Waals surface area contributed by atoms with Crippen molar-refractivity contribution in [3.05, 3.63) is 30.1 Å². The third-order valence-corrected chi connectivity index (χ3v) is 2.39. The molecule has 0 spiro atoms. The first-order chi connectivity index (χ1) is 7.86. The summed E-state index contributed by atoms with van der Waals surface area (Å²) in [6.07, 6.45) is 4.85. The van der Waals surface area contributed by atoms with Gasteiger partial charge in [-0.15, -0.1) is 11.8 Å². The Bertz CT molecular complexity index is 335. The molecule has 16 heavy (non-hydrogen) atoms. The number of hydrogen-bond acceptors (Lipinski definition) is 2. The maximum atomic E-state index is 4.35. The number of rotatable bonds is 6. The predicted molar refractivity (Wildman–Crippen MR) is 68.1 cm³/mol. The van der Waals surface area contributed by atoms with Crippen LogP contribution in [-0.2, 0) is 6.42 Å². The molecule has 0 amide bonds. The Morgan fingerprint density at radius 2 is 2.31 bits per heavy atom. The predicted octanol–water partition coefficient (Wildman–Crippen LogP) is 2.41. The lowest BCUT2D eigenvalue weighted by molar-refractivity contribution is 0.512. The second kappa shape index (κ2) is 7.90. The minimum absolute atomic E-state index is 0.419. The first-order valence-corrected chi connectivity index (χ1v) is 5.89. The van der Waals surface area contributed by atoms with Gasteiger partial charge in [0, 0.05) is 30.8 Å². The van der Waals surface area contributed by atoms with Gasteiger partial charge in [0.05, 0.1) is 0 Å². The van der Waals surface area contributed by atoms with Crippen molar-refractivity contribution in [3.63, 3.8) is 0 Å². The molecule has 0 aliphatic heterocycles. The second-order valence-corrected chi connectivity index (χ2v) is 3.81. The molecule has 0 aliphatic carbocycles. The molecule has 0 aliphatic rings. The third kappa shape index (κ3) is 4.95. The van der Waals surface area contributed by atoms with Crippen LogP contribution < -0.4 is 5.32 Å². The first kappa shape index (κ1) is 12.7. The smallest absolute Gasteiger partial charge is 0.0419 e. The van der Waals surface area contributed by atoms with Crippen molar-refractivity contribution in [3.8, 4) is 11.8 Å². The summed E-state index contributed by atoms with van der Waals surface area (Å²) in [6, 6.07) is 6.47. The molecule has 0 bridgehead atoms. The Hall–Kier alpha value is -1.33. The Kier molecular flexibility index (Phi) is 6.29. The quantitative estimate of drug-likeness (QED) is 0.739. The summed E-state index contributed by atoms with van der Waals surface area (Å²) in [4.78, 5) is 4.35. The minimum Gasteiger partial charge on any atom is -0.313 e. The van der Waals surface area contributed by atoms with E-state index in [9.17, 15) is 0 Å². The summed E-state index contributed by atoms with van der Waals surface area (Å²) in [7, 11) is 0. The van der Waals surface area contributed by atoms with Crippen molar-refractivity contribution < 1.29 is 0 Å². The maximum absolute atomic E-state index is 4.35. The molecule has 86 valence electrons. The number of hydrogen-bond donors (Lipinski definition) is 1. The molecular weight excluding hydrogens is 196 g/mol. The summed E-state index contributed by atoms with van der Waals surface area (Å²) in [6.45, 7) is 5.11. The highest BCUT2D eigenvalue weighted by Crippen LogP contribution is 2.02. The molecule has 1 aromatic rings. The average molecular weight is 216 g/mol. The molecule has 2 heteroatoms. The van der Waals surface area contributed by atoms with E-state index in [0.29, 0.717) is 6.04 Å². The average Bonchev–Trinajstić information content (AvgIpc) is 2.34. The maximum Gasteiger partial charge on any atom is 0.0419 e. The lowest BCUT2D eigenvalue weighted by Gasteiger charge is -2.15. The van der Waals surface area contributed by atoms with Crippen molar-refractivity contribution in [1.29, 1.82) is 0 Å². The largest absolute Gasteiger partial charge is 0.313 e. The summed E-state index contributed by atoms with van der Waals surface area (Å²) in [5.41, 5.74) is 1.13. The second-order valence-electron chi connectivity index (χ2n) is 3.81. The fourth-order valence-electron chi connectivity index (χ4n) is 1.56. The molecule has 1 heterocycles. The van der Waals surface area contributed by atoms with Crippen LogP contribution in [0.1, 0.15) is 32.4 Å². The van der Waals surface area contributed by atoms with E-state index in [1.807, 2.05) is 25.3 Å². The highest BCUT2D eigenvalue weighted by molar-refractivity contribution is 5.07. The number of pyridine rings is 1. The van der Waals surface area contributed by atoms with Gasteiger partial charge < -0.3 is 5.32 Å². The number of aromatic nitrogens is 1. The lowest BCUT2D eigenvalue weighted by atomic mass is 10.1. The van der Waals surface area contributed by atoms with E-state index in [4.69, 9.17) is 0 Å². The van der Waals surface area contributed by atoms with Gasteiger partial charge in [-0.25, -0.2) is 0 Å². The zero-order valence-corrected chi connectivity index (χ0v) is 10.2. The summed E-state index contributed by atoms with van der Waals surface area (Å²) >= 11 is 0. The fraction of sp³-hybridized carbons (Fsp3) is 0.500. The van der Waals surface area contributed by atoms with Gasteiger partial charge in [0.2, 0.25) is 0 Å². The van der Waals surface area contributed by atoms with Gasteiger partial charge in [-0.3, -0.25) is 4.98 Å². The zero-order valence-electron chi connectivity index (χ0n) is 10.2. The van der Waals surface area contributed by atoms with E-state index >= 15 is 0 Å². The lowest BCUT2D eigenvalue weighted by Crippen LogP contribution is -2.31. The van der Waals surface area contributed by atoms with Crippen molar-refractivity contribution >= 4 is 0 Å². The van der Waals surface area contributed by atoms with Gasteiger partial charge in [0.25, 0.3) is 0 Å². The summed E-state index contributed by atoms with van der Waals surface area (Å²) in [5.74, 6) is 6.09. The third-order valence-electron chi connectivity index (χ3n) is 2.39. The van der Waals surface area contributed by atoms with Crippen molar-refractivity contribution in [2.75, 3.05) is 6.54 Å². The van der Waals surface area contributed by atoms with Gasteiger partial charge in [-0.05, 0) is 32.0 Å². The standard InChI is InChI=1S/C14H20N2/c1-3-5-8-13(15-10-4-2)12-14-9-6-7-11-16-14/h6-7,9,11,13,15H,4,8,10,12H2,1-2H3. The minimum atomic E-state index is 0.419. The van der Waals surface area contributed by atoms with Gasteiger partial charge >= 0.3 is 0 Å².